The molecule has 2 aromatic carbocycles. The molecule has 1 unspecified atom stereocenters. The average molecular weight is 612 g/mol. The van der Waals surface area contributed by atoms with E-state index < -0.39 is 50.3 Å². The third-order valence-electron chi connectivity index (χ3n) is 7.12. The van der Waals surface area contributed by atoms with Crippen molar-refractivity contribution in [3.63, 3.8) is 0 Å². The number of ether oxygens (including phenoxy) is 2. The molecule has 0 saturated carbocycles. The summed E-state index contributed by atoms with van der Waals surface area (Å²) < 4.78 is 38.9. The molecule has 5 N–H and O–H groups in total. The van der Waals surface area contributed by atoms with Crippen LogP contribution in [0.5, 0.6) is 5.75 Å². The fourth-order valence-electron chi connectivity index (χ4n) is 4.89. The molecule has 2 aromatic heterocycles. The number of nitrogen functional groups attached to an aromatic ring is 1. The maximum absolute atomic E-state index is 14.3. The van der Waals surface area contributed by atoms with Crippen LogP contribution in [-0.4, -0.2) is 67.8 Å². The maximum atomic E-state index is 14.3. The summed E-state index contributed by atoms with van der Waals surface area (Å²) in [5.74, 6) is -0.197. The quantitative estimate of drug-likeness (QED) is 0.136. The van der Waals surface area contributed by atoms with E-state index in [9.17, 15) is 19.6 Å². The van der Waals surface area contributed by atoms with Gasteiger partial charge in [-0.05, 0) is 50.1 Å². The molecule has 0 aliphatic carbocycles. The van der Waals surface area contributed by atoms with Gasteiger partial charge in [0.05, 0.1) is 18.9 Å². The topological polar surface area (TPSA) is 180 Å². The Morgan fingerprint density at radius 1 is 1.14 bits per heavy atom. The normalized spacial score (nSPS) is 24.0. The molecule has 0 amide bonds. The van der Waals surface area contributed by atoms with Gasteiger partial charge < -0.3 is 29.9 Å². The number of esters is 1. The molecule has 1 fully saturated rings. The minimum absolute atomic E-state index is 0.110. The number of carbonyl (C=O) groups excluding carboxylic acids is 1. The lowest BCUT2D eigenvalue weighted by molar-refractivity contribution is -0.145. The largest absolute Gasteiger partial charge is 0.465 e. The van der Waals surface area contributed by atoms with Crippen LogP contribution in [0.25, 0.3) is 5.52 Å². The summed E-state index contributed by atoms with van der Waals surface area (Å²) in [4.78, 5) is 16.9. The van der Waals surface area contributed by atoms with Crippen molar-refractivity contribution in [3.05, 3.63) is 90.4 Å². The summed E-state index contributed by atoms with van der Waals surface area (Å²) >= 11 is 0. The Kier molecular flexibility index (Phi) is 9.11. The van der Waals surface area contributed by atoms with Crippen LogP contribution >= 0.6 is 7.75 Å². The number of benzene rings is 2. The molecule has 228 valence electrons. The summed E-state index contributed by atoms with van der Waals surface area (Å²) in [7, 11) is -4.34. The highest BCUT2D eigenvalue weighted by molar-refractivity contribution is 7.52. The van der Waals surface area contributed by atoms with Crippen LogP contribution < -0.4 is 15.3 Å². The minimum Gasteiger partial charge on any atom is -0.465 e. The molecule has 0 bridgehead atoms. The van der Waals surface area contributed by atoms with Crippen molar-refractivity contribution in [1.82, 2.24) is 19.7 Å². The van der Waals surface area contributed by atoms with Crippen molar-refractivity contribution in [2.45, 2.75) is 50.2 Å². The number of carbonyl (C=O) groups is 1. The minimum atomic E-state index is -4.34. The lowest BCUT2D eigenvalue weighted by Crippen LogP contribution is -2.45. The second-order valence-corrected chi connectivity index (χ2v) is 12.0. The number of nitrogens with zero attached hydrogens (tertiary/aromatic N) is 3. The lowest BCUT2D eigenvalue weighted by Gasteiger charge is -2.30. The SMILES string of the molecule is CCOC(=O)[C@H](Cc1ccccc1)NP(=O)(OC[C@@]1(C)O[C@@H](c2ccc3c(N)ncnn23)[C@H](O)[C@@H]1O)Oc1ccccc1. The van der Waals surface area contributed by atoms with Crippen molar-refractivity contribution in [1.29, 1.82) is 0 Å². The lowest BCUT2D eigenvalue weighted by atomic mass is 9.97. The highest BCUT2D eigenvalue weighted by Gasteiger charge is 2.54. The van der Waals surface area contributed by atoms with Gasteiger partial charge in [-0.2, -0.15) is 10.2 Å². The van der Waals surface area contributed by atoms with Gasteiger partial charge in [0.2, 0.25) is 0 Å². The monoisotopic (exact) mass is 611 g/mol. The van der Waals surface area contributed by atoms with E-state index in [1.54, 1.807) is 49.4 Å². The number of hydrogen-bond donors (Lipinski definition) is 4. The van der Waals surface area contributed by atoms with E-state index >= 15 is 0 Å². The molecule has 1 aliphatic rings. The number of fused-ring (bicyclic) bond motifs is 1. The van der Waals surface area contributed by atoms with E-state index in [1.165, 1.54) is 17.8 Å². The third kappa shape index (κ3) is 6.72. The Morgan fingerprint density at radius 3 is 2.53 bits per heavy atom. The fraction of sp³-hybridized carbons (Fsp3) is 0.345. The van der Waals surface area contributed by atoms with Crippen LogP contribution in [0.3, 0.4) is 0 Å². The molecule has 1 saturated heterocycles. The number of anilines is 1. The molecular weight excluding hydrogens is 577 g/mol. The Balaban J connectivity index is 1.40. The summed E-state index contributed by atoms with van der Waals surface area (Å²) in [6, 6.07) is 19.7. The molecule has 0 spiro atoms. The zero-order chi connectivity index (χ0) is 30.6. The van der Waals surface area contributed by atoms with Crippen molar-refractivity contribution in [2.75, 3.05) is 18.9 Å². The summed E-state index contributed by atoms with van der Waals surface area (Å²) in [5, 5.41) is 29.0. The number of aliphatic hydroxyl groups excluding tert-OH is 2. The first-order valence-electron chi connectivity index (χ1n) is 13.7. The van der Waals surface area contributed by atoms with Crippen LogP contribution in [0.1, 0.15) is 31.2 Å². The number of aliphatic hydroxyl groups is 2. The molecule has 14 heteroatoms. The van der Waals surface area contributed by atoms with Crippen molar-refractivity contribution < 1.29 is 38.1 Å². The fourth-order valence-corrected chi connectivity index (χ4v) is 6.47. The Hall–Kier alpha value is -3.84. The van der Waals surface area contributed by atoms with E-state index in [1.807, 2.05) is 30.3 Å². The maximum Gasteiger partial charge on any atom is 0.459 e. The highest BCUT2D eigenvalue weighted by atomic mass is 31.2. The smallest absolute Gasteiger partial charge is 0.459 e. The van der Waals surface area contributed by atoms with Crippen LogP contribution in [-0.2, 0) is 29.8 Å². The summed E-state index contributed by atoms with van der Waals surface area (Å²) in [6.45, 7) is 2.81. The number of hydrogen-bond acceptors (Lipinski definition) is 11. The predicted octanol–water partition coefficient (Wildman–Crippen LogP) is 2.83. The number of nitrogens with two attached hydrogens (primary N) is 1. The summed E-state index contributed by atoms with van der Waals surface area (Å²) in [5.41, 5.74) is 6.10. The van der Waals surface area contributed by atoms with Gasteiger partial charge in [0, 0.05) is 0 Å². The Labute approximate surface area is 248 Å². The first-order valence-corrected chi connectivity index (χ1v) is 15.3. The molecular formula is C29H34N5O8P. The van der Waals surface area contributed by atoms with Gasteiger partial charge in [-0.1, -0.05) is 48.5 Å². The van der Waals surface area contributed by atoms with E-state index in [4.69, 9.17) is 24.3 Å². The average Bonchev–Trinajstić information content (AvgIpc) is 3.53. The van der Waals surface area contributed by atoms with Gasteiger partial charge >= 0.3 is 13.7 Å². The molecule has 5 rings (SSSR count). The van der Waals surface area contributed by atoms with Crippen LogP contribution in [0.2, 0.25) is 0 Å². The molecule has 0 radical (unpaired) electrons. The molecule has 4 aromatic rings. The van der Waals surface area contributed by atoms with Crippen LogP contribution in [0.15, 0.2) is 79.1 Å². The standard InChI is InChI=1S/C29H34N5O8P/c1-3-39-28(37)21(16-19-10-6-4-7-11-19)33-43(38,42-20-12-8-5-9-13-20)40-17-29(2)26(36)24(35)25(41-29)22-14-15-23-27(30)31-18-32-34(22)23/h4-15,18,21,24-26,35-36H,3,16-17H2,1-2H3,(H,33,38)(H2,30,31,32)/t21-,24-,25-,26-,29+,43?/m0/s1. The van der Waals surface area contributed by atoms with Gasteiger partial charge in [-0.25, -0.2) is 14.1 Å². The van der Waals surface area contributed by atoms with Gasteiger partial charge in [-0.3, -0.25) is 9.32 Å². The van der Waals surface area contributed by atoms with Gasteiger partial charge in [0.25, 0.3) is 0 Å². The molecule has 13 nitrogen and oxygen atoms in total. The van der Waals surface area contributed by atoms with Crippen LogP contribution in [0.4, 0.5) is 5.82 Å². The number of aromatic nitrogens is 3. The third-order valence-corrected chi connectivity index (χ3v) is 8.66. The van der Waals surface area contributed by atoms with Crippen molar-refractivity contribution >= 4 is 25.1 Å². The van der Waals surface area contributed by atoms with Gasteiger partial charge in [-0.15, -0.1) is 0 Å². The highest BCUT2D eigenvalue weighted by Crippen LogP contribution is 2.48. The Bertz CT molecular complexity index is 1590. The Morgan fingerprint density at radius 2 is 1.84 bits per heavy atom. The number of rotatable bonds is 12. The van der Waals surface area contributed by atoms with Crippen LogP contribution in [0, 0.1) is 0 Å². The first-order chi connectivity index (χ1) is 20.6. The second kappa shape index (κ2) is 12.8. The first kappa shape index (κ1) is 30.6. The molecule has 6 atom stereocenters. The molecule has 1 aliphatic heterocycles. The molecule has 43 heavy (non-hydrogen) atoms. The van der Waals surface area contributed by atoms with E-state index in [2.05, 4.69) is 15.2 Å². The van der Waals surface area contributed by atoms with Crippen molar-refractivity contribution in [3.8, 4) is 5.75 Å². The van der Waals surface area contributed by atoms with E-state index in [0.29, 0.717) is 11.2 Å². The molecule has 3 heterocycles. The zero-order valence-electron chi connectivity index (χ0n) is 23.6. The number of nitrogens with one attached hydrogen (secondary N) is 1. The predicted molar refractivity (Wildman–Crippen MR) is 156 cm³/mol. The van der Waals surface area contributed by atoms with Gasteiger partial charge in [0.1, 0.15) is 47.5 Å². The second-order valence-electron chi connectivity index (χ2n) is 10.3. The van der Waals surface area contributed by atoms with E-state index in [0.717, 1.165) is 5.56 Å². The number of para-hydroxylation sites is 1. The van der Waals surface area contributed by atoms with Gasteiger partial charge in [0.15, 0.2) is 5.82 Å². The zero-order valence-corrected chi connectivity index (χ0v) is 24.5. The summed E-state index contributed by atoms with van der Waals surface area (Å²) in [6.07, 6.45) is -2.49. The van der Waals surface area contributed by atoms with E-state index in [-0.39, 0.29) is 24.6 Å². The van der Waals surface area contributed by atoms with Crippen molar-refractivity contribution in [2.24, 2.45) is 0 Å².